The fourth-order valence-corrected chi connectivity index (χ4v) is 4.66. The molecule has 1 N–H and O–H groups in total. The number of carbonyl (C=O) groups is 1. The van der Waals surface area contributed by atoms with Crippen molar-refractivity contribution < 1.29 is 9.53 Å². The first-order chi connectivity index (χ1) is 18.1. The Kier molecular flexibility index (Phi) is 7.52. The van der Waals surface area contributed by atoms with E-state index in [1.165, 1.54) is 5.56 Å². The highest BCUT2D eigenvalue weighted by Crippen LogP contribution is 2.28. The fraction of sp³-hybridized carbons (Fsp3) is 0.161. The maximum absolute atomic E-state index is 13.3. The number of amides is 1. The molecule has 186 valence electrons. The number of methoxy groups -OCH3 is 1. The van der Waals surface area contributed by atoms with Crippen LogP contribution >= 0.6 is 11.6 Å². The lowest BCUT2D eigenvalue weighted by molar-refractivity contribution is 0.0934. The van der Waals surface area contributed by atoms with E-state index in [1.54, 1.807) is 31.4 Å². The number of imidazole rings is 1. The smallest absolute Gasteiger partial charge is 0.251 e. The summed E-state index contributed by atoms with van der Waals surface area (Å²) in [5.41, 5.74) is 4.74. The summed E-state index contributed by atoms with van der Waals surface area (Å²) < 4.78 is 7.72. The van der Waals surface area contributed by atoms with Crippen LogP contribution in [0.4, 0.5) is 0 Å². The molecule has 1 atom stereocenters. The van der Waals surface area contributed by atoms with E-state index in [-0.39, 0.29) is 11.9 Å². The van der Waals surface area contributed by atoms with E-state index in [2.05, 4.69) is 46.3 Å². The predicted octanol–water partition coefficient (Wildman–Crippen LogP) is 6.65. The third-order valence-corrected chi connectivity index (χ3v) is 6.71. The summed E-state index contributed by atoms with van der Waals surface area (Å²) in [5.74, 6) is 1.41. The van der Waals surface area contributed by atoms with Crippen LogP contribution in [0, 0.1) is 0 Å². The van der Waals surface area contributed by atoms with Gasteiger partial charge in [-0.25, -0.2) is 4.98 Å². The van der Waals surface area contributed by atoms with Gasteiger partial charge in [0.05, 0.1) is 24.2 Å². The van der Waals surface area contributed by atoms with Crippen molar-refractivity contribution >= 4 is 28.5 Å². The molecule has 0 radical (unpaired) electrons. The molecule has 1 heterocycles. The minimum atomic E-state index is -0.347. The molecular formula is C31H28ClN3O2. The number of carbonyl (C=O) groups excluding carboxylic acids is 1. The maximum atomic E-state index is 13.3. The standard InChI is InChI=1S/C31H28ClN3O2/c1-37-26-16-17-27-29(21-26)35(19-18-22-8-4-2-5-9-22)30(33-27)28(20-23-10-6-3-7-11-23)34-31(36)24-12-14-25(32)15-13-24/h2-17,21,28H,18-20H2,1H3,(H,34,36). The molecule has 0 saturated carbocycles. The molecule has 1 unspecified atom stereocenters. The summed E-state index contributed by atoms with van der Waals surface area (Å²) in [5, 5.41) is 3.84. The van der Waals surface area contributed by atoms with Gasteiger partial charge in [0, 0.05) is 23.2 Å². The van der Waals surface area contributed by atoms with Gasteiger partial charge in [-0.15, -0.1) is 0 Å². The van der Waals surface area contributed by atoms with Gasteiger partial charge in [-0.3, -0.25) is 4.79 Å². The van der Waals surface area contributed by atoms with Crippen molar-refractivity contribution in [3.8, 4) is 5.75 Å². The minimum Gasteiger partial charge on any atom is -0.497 e. The second kappa shape index (κ2) is 11.3. The zero-order valence-corrected chi connectivity index (χ0v) is 21.4. The Labute approximate surface area is 221 Å². The topological polar surface area (TPSA) is 56.1 Å². The van der Waals surface area contributed by atoms with Gasteiger partial charge >= 0.3 is 0 Å². The van der Waals surface area contributed by atoms with Gasteiger partial charge in [-0.05, 0) is 60.4 Å². The van der Waals surface area contributed by atoms with Crippen molar-refractivity contribution in [2.24, 2.45) is 0 Å². The van der Waals surface area contributed by atoms with E-state index in [1.807, 2.05) is 42.5 Å². The van der Waals surface area contributed by atoms with Crippen LogP contribution in [0.15, 0.2) is 103 Å². The Hall–Kier alpha value is -4.09. The van der Waals surface area contributed by atoms with Crippen molar-refractivity contribution in [3.63, 3.8) is 0 Å². The third kappa shape index (κ3) is 5.84. The molecule has 37 heavy (non-hydrogen) atoms. The molecule has 0 spiro atoms. The van der Waals surface area contributed by atoms with E-state index in [0.29, 0.717) is 23.6 Å². The van der Waals surface area contributed by atoms with E-state index in [9.17, 15) is 4.79 Å². The molecule has 5 rings (SSSR count). The summed E-state index contributed by atoms with van der Waals surface area (Å²) in [6.45, 7) is 0.713. The van der Waals surface area contributed by atoms with Gasteiger partial charge in [-0.2, -0.15) is 0 Å². The summed E-state index contributed by atoms with van der Waals surface area (Å²) in [6, 6.07) is 33.0. The van der Waals surface area contributed by atoms with Gasteiger partial charge < -0.3 is 14.6 Å². The van der Waals surface area contributed by atoms with Crippen LogP contribution in [0.1, 0.15) is 33.4 Å². The lowest BCUT2D eigenvalue weighted by Crippen LogP contribution is -2.32. The zero-order valence-electron chi connectivity index (χ0n) is 20.6. The van der Waals surface area contributed by atoms with E-state index in [4.69, 9.17) is 21.3 Å². The largest absolute Gasteiger partial charge is 0.497 e. The normalized spacial score (nSPS) is 11.8. The molecule has 5 aromatic rings. The highest BCUT2D eigenvalue weighted by atomic mass is 35.5. The number of rotatable bonds is 9. The molecular weight excluding hydrogens is 482 g/mol. The summed E-state index contributed by atoms with van der Waals surface area (Å²) in [6.07, 6.45) is 1.44. The number of aryl methyl sites for hydroxylation is 2. The number of fused-ring (bicyclic) bond motifs is 1. The number of halogens is 1. The Morgan fingerprint density at radius 2 is 1.59 bits per heavy atom. The molecule has 0 bridgehead atoms. The quantitative estimate of drug-likeness (QED) is 0.242. The Balaban J connectivity index is 1.56. The highest BCUT2D eigenvalue weighted by molar-refractivity contribution is 6.30. The molecule has 6 heteroatoms. The van der Waals surface area contributed by atoms with Crippen molar-refractivity contribution in [3.05, 3.63) is 131 Å². The van der Waals surface area contributed by atoms with Gasteiger partial charge in [-0.1, -0.05) is 72.3 Å². The number of aromatic nitrogens is 2. The van der Waals surface area contributed by atoms with Crippen molar-refractivity contribution in [2.45, 2.75) is 25.4 Å². The molecule has 1 aromatic heterocycles. The molecule has 5 nitrogen and oxygen atoms in total. The van der Waals surface area contributed by atoms with Crippen molar-refractivity contribution in [1.29, 1.82) is 0 Å². The number of nitrogens with one attached hydrogen (secondary N) is 1. The average molecular weight is 510 g/mol. The first-order valence-electron chi connectivity index (χ1n) is 12.3. The minimum absolute atomic E-state index is 0.170. The first kappa shape index (κ1) is 24.6. The molecule has 0 aliphatic carbocycles. The highest BCUT2D eigenvalue weighted by Gasteiger charge is 2.24. The Morgan fingerprint density at radius 1 is 0.919 bits per heavy atom. The first-order valence-corrected chi connectivity index (χ1v) is 12.7. The third-order valence-electron chi connectivity index (χ3n) is 6.46. The van der Waals surface area contributed by atoms with Crippen LogP contribution < -0.4 is 10.1 Å². The van der Waals surface area contributed by atoms with Gasteiger partial charge in [0.1, 0.15) is 11.6 Å². The molecule has 0 saturated heterocycles. The summed E-state index contributed by atoms with van der Waals surface area (Å²) >= 11 is 6.05. The molecule has 0 aliphatic heterocycles. The summed E-state index contributed by atoms with van der Waals surface area (Å²) in [7, 11) is 1.66. The van der Waals surface area contributed by atoms with Crippen LogP contribution in [0.3, 0.4) is 0 Å². The zero-order chi connectivity index (χ0) is 25.6. The number of hydrogen-bond acceptors (Lipinski definition) is 3. The summed E-state index contributed by atoms with van der Waals surface area (Å²) in [4.78, 5) is 18.4. The molecule has 0 fully saturated rings. The van der Waals surface area contributed by atoms with Crippen LogP contribution in [-0.4, -0.2) is 22.6 Å². The van der Waals surface area contributed by atoms with Crippen molar-refractivity contribution in [2.75, 3.05) is 7.11 Å². The number of nitrogens with zero attached hydrogens (tertiary/aromatic N) is 2. The van der Waals surface area contributed by atoms with Gasteiger partial charge in [0.25, 0.3) is 5.91 Å². The van der Waals surface area contributed by atoms with E-state index in [0.717, 1.165) is 34.6 Å². The van der Waals surface area contributed by atoms with Gasteiger partial charge in [0.2, 0.25) is 0 Å². The molecule has 1 amide bonds. The number of hydrogen-bond donors (Lipinski definition) is 1. The van der Waals surface area contributed by atoms with Crippen molar-refractivity contribution in [1.82, 2.24) is 14.9 Å². The monoisotopic (exact) mass is 509 g/mol. The Bertz CT molecular complexity index is 1480. The van der Waals surface area contributed by atoms with Gasteiger partial charge in [0.15, 0.2) is 0 Å². The fourth-order valence-electron chi connectivity index (χ4n) is 4.53. The van der Waals surface area contributed by atoms with E-state index >= 15 is 0 Å². The van der Waals surface area contributed by atoms with E-state index < -0.39 is 0 Å². The molecule has 4 aromatic carbocycles. The van der Waals surface area contributed by atoms with Crippen LogP contribution in [0.2, 0.25) is 5.02 Å². The lowest BCUT2D eigenvalue weighted by atomic mass is 10.0. The SMILES string of the molecule is COc1ccc2nc(C(Cc3ccccc3)NC(=O)c3ccc(Cl)cc3)n(CCc3ccccc3)c2c1. The number of ether oxygens (including phenoxy) is 1. The number of benzene rings is 4. The second-order valence-corrected chi connectivity index (χ2v) is 9.37. The maximum Gasteiger partial charge on any atom is 0.251 e. The van der Waals surface area contributed by atoms with Crippen LogP contribution in [0.25, 0.3) is 11.0 Å². The second-order valence-electron chi connectivity index (χ2n) is 8.93. The van der Waals surface area contributed by atoms with Crippen LogP contribution in [-0.2, 0) is 19.4 Å². The molecule has 0 aliphatic rings. The average Bonchev–Trinajstić information content (AvgIpc) is 3.30. The Morgan fingerprint density at radius 3 is 2.27 bits per heavy atom. The predicted molar refractivity (Wildman–Crippen MR) is 148 cm³/mol. The van der Waals surface area contributed by atoms with Crippen LogP contribution in [0.5, 0.6) is 5.75 Å². The lowest BCUT2D eigenvalue weighted by Gasteiger charge is -2.21.